The van der Waals surface area contributed by atoms with Crippen LogP contribution in [0.2, 0.25) is 0 Å². The summed E-state index contributed by atoms with van der Waals surface area (Å²) in [5.74, 6) is -0.124. The molecule has 30 heavy (non-hydrogen) atoms. The van der Waals surface area contributed by atoms with Gasteiger partial charge < -0.3 is 4.74 Å². The zero-order chi connectivity index (χ0) is 22.6. The normalized spacial score (nSPS) is 15.5. The van der Waals surface area contributed by atoms with Gasteiger partial charge in [-0.05, 0) is 32.1 Å². The van der Waals surface area contributed by atoms with Crippen molar-refractivity contribution < 1.29 is 9.53 Å². The van der Waals surface area contributed by atoms with Crippen molar-refractivity contribution in [1.82, 2.24) is 0 Å². The number of unbranched alkanes of at least 4 members (excludes halogenated alkanes) is 10. The van der Waals surface area contributed by atoms with E-state index in [0.717, 1.165) is 25.7 Å². The molecule has 0 rings (SSSR count). The molecule has 6 heteroatoms. The third-order valence-electron chi connectivity index (χ3n) is 5.51. The monoisotopic (exact) mass is 680 g/mol. The van der Waals surface area contributed by atoms with Crippen LogP contribution in [0.15, 0.2) is 0 Å². The number of alkyl halides is 4. The lowest BCUT2D eigenvalue weighted by atomic mass is 10.0. The highest BCUT2D eigenvalue weighted by Crippen LogP contribution is 2.25. The van der Waals surface area contributed by atoms with E-state index in [1.807, 2.05) is 0 Å². The Bertz CT molecular complexity index is 395. The van der Waals surface area contributed by atoms with Crippen LogP contribution >= 0.6 is 63.7 Å². The first-order valence-electron chi connectivity index (χ1n) is 12.1. The Hall–Kier alpha value is 1.39. The number of hydrogen-bond donors (Lipinski definition) is 0. The fourth-order valence-electron chi connectivity index (χ4n) is 3.38. The van der Waals surface area contributed by atoms with Crippen LogP contribution in [0.25, 0.3) is 0 Å². The summed E-state index contributed by atoms with van der Waals surface area (Å²) < 4.78 is 5.38. The van der Waals surface area contributed by atoms with E-state index in [1.165, 1.54) is 77.0 Å². The lowest BCUT2D eigenvalue weighted by molar-refractivity contribution is -0.143. The summed E-state index contributed by atoms with van der Waals surface area (Å²) in [6, 6.07) is 0. The first-order valence-corrected chi connectivity index (χ1v) is 15.8. The van der Waals surface area contributed by atoms with Crippen molar-refractivity contribution in [3.05, 3.63) is 0 Å². The number of ether oxygens (including phenoxy) is 1. The molecule has 0 aromatic rings. The van der Waals surface area contributed by atoms with Gasteiger partial charge in [0.2, 0.25) is 0 Å². The Balaban J connectivity index is 3.50. The van der Waals surface area contributed by atoms with E-state index in [1.54, 1.807) is 0 Å². The van der Waals surface area contributed by atoms with Gasteiger partial charge >= 0.3 is 5.97 Å². The second-order valence-corrected chi connectivity index (χ2v) is 13.1. The van der Waals surface area contributed by atoms with Gasteiger partial charge in [0.25, 0.3) is 0 Å². The lowest BCUT2D eigenvalue weighted by Crippen LogP contribution is -2.21. The fraction of sp³-hybridized carbons (Fsp3) is 0.958. The molecule has 2 nitrogen and oxygen atoms in total. The molecule has 0 aliphatic heterocycles. The van der Waals surface area contributed by atoms with Crippen molar-refractivity contribution in [3.8, 4) is 0 Å². The minimum Gasteiger partial charge on any atom is -0.465 e. The van der Waals surface area contributed by atoms with Crippen LogP contribution in [0.5, 0.6) is 0 Å². The number of carbonyl (C=O) groups excluding carboxylic acids is 1. The number of rotatable bonds is 21. The van der Waals surface area contributed by atoms with E-state index < -0.39 is 0 Å². The van der Waals surface area contributed by atoms with E-state index in [-0.39, 0.29) is 10.8 Å². The Morgan fingerprint density at radius 2 is 1.17 bits per heavy atom. The SMILES string of the molecule is CCCCCCCCC(Br)C(Br)CCCCCCCCOC(=O)C(Br)CC(Br)CC. The summed E-state index contributed by atoms with van der Waals surface area (Å²) in [4.78, 5) is 13.3. The molecule has 0 spiro atoms. The average Bonchev–Trinajstić information content (AvgIpc) is 2.74. The molecule has 0 saturated heterocycles. The molecule has 0 heterocycles. The van der Waals surface area contributed by atoms with Crippen molar-refractivity contribution in [2.45, 2.75) is 136 Å². The average molecular weight is 684 g/mol. The van der Waals surface area contributed by atoms with Gasteiger partial charge in [0.05, 0.1) is 6.61 Å². The van der Waals surface area contributed by atoms with E-state index in [4.69, 9.17) is 4.74 Å². The third-order valence-corrected chi connectivity index (χ3v) is 10.2. The second kappa shape index (κ2) is 22.2. The first-order chi connectivity index (χ1) is 14.4. The molecule has 0 aromatic carbocycles. The topological polar surface area (TPSA) is 26.3 Å². The molecular formula is C24H44Br4O2. The summed E-state index contributed by atoms with van der Waals surface area (Å²) >= 11 is 14.8. The van der Waals surface area contributed by atoms with Crippen LogP contribution in [0.1, 0.15) is 117 Å². The Morgan fingerprint density at radius 1 is 0.700 bits per heavy atom. The molecule has 4 atom stereocenters. The highest BCUT2D eigenvalue weighted by atomic mass is 79.9. The van der Waals surface area contributed by atoms with Gasteiger partial charge in [0.15, 0.2) is 0 Å². The Kier molecular flexibility index (Phi) is 23.2. The minimum atomic E-state index is -0.196. The molecule has 4 unspecified atom stereocenters. The molecule has 0 N–H and O–H groups in total. The number of esters is 1. The van der Waals surface area contributed by atoms with E-state index in [2.05, 4.69) is 77.6 Å². The van der Waals surface area contributed by atoms with E-state index >= 15 is 0 Å². The van der Waals surface area contributed by atoms with Crippen LogP contribution in [-0.2, 0) is 9.53 Å². The fourth-order valence-corrected chi connectivity index (χ4v) is 6.02. The number of halogens is 4. The largest absolute Gasteiger partial charge is 0.465 e. The van der Waals surface area contributed by atoms with Crippen LogP contribution in [0.3, 0.4) is 0 Å². The summed E-state index contributed by atoms with van der Waals surface area (Å²) in [5.41, 5.74) is 0. The van der Waals surface area contributed by atoms with E-state index in [0.29, 0.717) is 21.1 Å². The van der Waals surface area contributed by atoms with Gasteiger partial charge in [0, 0.05) is 14.5 Å². The van der Waals surface area contributed by atoms with Crippen LogP contribution in [0.4, 0.5) is 0 Å². The smallest absolute Gasteiger partial charge is 0.319 e. The van der Waals surface area contributed by atoms with Crippen molar-refractivity contribution in [1.29, 1.82) is 0 Å². The predicted octanol–water partition coefficient (Wildman–Crippen LogP) is 9.86. The molecular weight excluding hydrogens is 640 g/mol. The summed E-state index contributed by atoms with van der Waals surface area (Å²) in [7, 11) is 0. The standard InChI is InChI=1S/C24H44Br4O2/c1-3-5-6-7-10-13-16-21(26)22(27)17-14-11-8-9-12-15-18-30-24(29)23(28)19-20(25)4-2/h20-23H,3-19H2,1-2H3. The van der Waals surface area contributed by atoms with Crippen molar-refractivity contribution in [3.63, 3.8) is 0 Å². The van der Waals surface area contributed by atoms with Crippen molar-refractivity contribution >= 4 is 69.7 Å². The van der Waals surface area contributed by atoms with Crippen LogP contribution in [0, 0.1) is 0 Å². The third kappa shape index (κ3) is 18.9. The Morgan fingerprint density at radius 3 is 1.67 bits per heavy atom. The summed E-state index contributed by atoms with van der Waals surface area (Å²) in [6.45, 7) is 4.93. The maximum absolute atomic E-state index is 11.9. The molecule has 0 radical (unpaired) electrons. The van der Waals surface area contributed by atoms with Crippen molar-refractivity contribution in [2.24, 2.45) is 0 Å². The van der Waals surface area contributed by atoms with Gasteiger partial charge in [-0.2, -0.15) is 0 Å². The van der Waals surface area contributed by atoms with Crippen LogP contribution < -0.4 is 0 Å². The van der Waals surface area contributed by atoms with Crippen LogP contribution in [-0.4, -0.2) is 31.9 Å². The zero-order valence-electron chi connectivity index (χ0n) is 19.2. The maximum atomic E-state index is 11.9. The van der Waals surface area contributed by atoms with Gasteiger partial charge in [-0.15, -0.1) is 0 Å². The number of carbonyl (C=O) groups is 1. The number of hydrogen-bond acceptors (Lipinski definition) is 2. The molecule has 0 fully saturated rings. The Labute approximate surface area is 220 Å². The summed E-state index contributed by atoms with van der Waals surface area (Å²) in [6.07, 6.45) is 19.8. The van der Waals surface area contributed by atoms with Gasteiger partial charge in [0.1, 0.15) is 4.83 Å². The first kappa shape index (κ1) is 31.4. The molecule has 0 aromatic heterocycles. The lowest BCUT2D eigenvalue weighted by Gasteiger charge is -2.16. The zero-order valence-corrected chi connectivity index (χ0v) is 25.5. The van der Waals surface area contributed by atoms with E-state index in [9.17, 15) is 4.79 Å². The quantitative estimate of drug-likeness (QED) is 0.0684. The molecule has 180 valence electrons. The molecule has 0 bridgehead atoms. The highest BCUT2D eigenvalue weighted by molar-refractivity contribution is 9.12. The minimum absolute atomic E-state index is 0.124. The van der Waals surface area contributed by atoms with Gasteiger partial charge in [-0.3, -0.25) is 4.79 Å². The van der Waals surface area contributed by atoms with Gasteiger partial charge in [-0.25, -0.2) is 0 Å². The second-order valence-electron chi connectivity index (χ2n) is 8.37. The maximum Gasteiger partial charge on any atom is 0.319 e. The highest BCUT2D eigenvalue weighted by Gasteiger charge is 2.19. The molecule has 0 aliphatic carbocycles. The molecule has 0 saturated carbocycles. The van der Waals surface area contributed by atoms with Gasteiger partial charge in [-0.1, -0.05) is 148 Å². The predicted molar refractivity (Wildman–Crippen MR) is 147 cm³/mol. The summed E-state index contributed by atoms with van der Waals surface area (Å²) in [5, 5.41) is 0. The van der Waals surface area contributed by atoms with Crippen molar-refractivity contribution in [2.75, 3.05) is 6.61 Å². The molecule has 0 aliphatic rings. The molecule has 0 amide bonds.